The van der Waals surface area contributed by atoms with Gasteiger partial charge in [0.15, 0.2) is 0 Å². The van der Waals surface area contributed by atoms with E-state index in [9.17, 15) is 13.2 Å². The monoisotopic (exact) mass is 342 g/mol. The van der Waals surface area contributed by atoms with E-state index in [0.29, 0.717) is 11.4 Å². The Morgan fingerprint density at radius 3 is 2.17 bits per heavy atom. The highest BCUT2D eigenvalue weighted by atomic mass is 32.2. The van der Waals surface area contributed by atoms with Crippen molar-refractivity contribution >= 4 is 15.9 Å². The second-order valence-electron chi connectivity index (χ2n) is 5.11. The van der Waals surface area contributed by atoms with Gasteiger partial charge in [-0.15, -0.1) is 0 Å². The van der Waals surface area contributed by atoms with Gasteiger partial charge in [-0.1, -0.05) is 30.3 Å². The molecule has 1 aromatic heterocycles. The smallest absolute Gasteiger partial charge is 0.252 e. The molecule has 0 aliphatic heterocycles. The number of carbonyl (C=O) groups excluding carboxylic acids is 1. The van der Waals surface area contributed by atoms with Gasteiger partial charge in [-0.05, 0) is 24.3 Å². The van der Waals surface area contributed by atoms with Gasteiger partial charge in [-0.3, -0.25) is 4.79 Å². The van der Waals surface area contributed by atoms with Crippen molar-refractivity contribution in [3.05, 3.63) is 66.4 Å². The minimum Gasteiger partial charge on any atom is -0.365 e. The number of nitrogens with two attached hydrogens (primary N) is 2. The number of nitrogens with zero attached hydrogens (tertiary/aromatic N) is 2. The topological polar surface area (TPSA) is 121 Å². The largest absolute Gasteiger partial charge is 0.365 e. The Morgan fingerprint density at radius 1 is 1.00 bits per heavy atom. The van der Waals surface area contributed by atoms with Gasteiger partial charge in [0.05, 0.1) is 16.1 Å². The average Bonchev–Trinajstić information content (AvgIpc) is 3.00. The van der Waals surface area contributed by atoms with E-state index in [2.05, 4.69) is 5.10 Å². The Kier molecular flexibility index (Phi) is 3.92. The van der Waals surface area contributed by atoms with E-state index in [0.717, 1.165) is 5.56 Å². The fourth-order valence-electron chi connectivity index (χ4n) is 2.28. The number of amides is 1. The molecule has 0 bridgehead atoms. The Morgan fingerprint density at radius 2 is 1.62 bits per heavy atom. The van der Waals surface area contributed by atoms with E-state index in [-0.39, 0.29) is 10.5 Å². The second-order valence-corrected chi connectivity index (χ2v) is 6.67. The van der Waals surface area contributed by atoms with Crippen LogP contribution in [0.2, 0.25) is 0 Å². The third kappa shape index (κ3) is 3.05. The maximum absolute atomic E-state index is 11.7. The van der Waals surface area contributed by atoms with Gasteiger partial charge < -0.3 is 5.73 Å². The molecule has 0 atom stereocenters. The molecule has 8 heteroatoms. The van der Waals surface area contributed by atoms with Crippen LogP contribution in [0.25, 0.3) is 16.9 Å². The first-order chi connectivity index (χ1) is 11.4. The van der Waals surface area contributed by atoms with Crippen LogP contribution >= 0.6 is 0 Å². The Labute approximate surface area is 138 Å². The van der Waals surface area contributed by atoms with Crippen molar-refractivity contribution in [3.63, 3.8) is 0 Å². The fourth-order valence-corrected chi connectivity index (χ4v) is 2.80. The van der Waals surface area contributed by atoms with Crippen LogP contribution in [0.15, 0.2) is 65.7 Å². The van der Waals surface area contributed by atoms with Crippen molar-refractivity contribution in [1.29, 1.82) is 0 Å². The van der Waals surface area contributed by atoms with Gasteiger partial charge in [0.2, 0.25) is 10.0 Å². The average molecular weight is 342 g/mol. The van der Waals surface area contributed by atoms with Crippen LogP contribution in [-0.4, -0.2) is 24.1 Å². The number of carbonyl (C=O) groups is 1. The summed E-state index contributed by atoms with van der Waals surface area (Å²) < 4.78 is 24.1. The second kappa shape index (κ2) is 5.91. The maximum Gasteiger partial charge on any atom is 0.252 e. The first kappa shape index (κ1) is 15.9. The quantitative estimate of drug-likeness (QED) is 0.742. The highest BCUT2D eigenvalue weighted by Gasteiger charge is 2.16. The van der Waals surface area contributed by atoms with Gasteiger partial charge in [0, 0.05) is 11.8 Å². The predicted molar refractivity (Wildman–Crippen MR) is 88.9 cm³/mol. The molecule has 0 saturated carbocycles. The molecule has 1 amide bonds. The highest BCUT2D eigenvalue weighted by molar-refractivity contribution is 7.89. The lowest BCUT2D eigenvalue weighted by atomic mass is 10.1. The summed E-state index contributed by atoms with van der Waals surface area (Å²) in [6.45, 7) is 0. The van der Waals surface area contributed by atoms with Gasteiger partial charge in [-0.2, -0.15) is 5.10 Å². The summed E-state index contributed by atoms with van der Waals surface area (Å²) in [6, 6.07) is 15.0. The van der Waals surface area contributed by atoms with Crippen LogP contribution in [0.4, 0.5) is 0 Å². The van der Waals surface area contributed by atoms with E-state index in [1.54, 1.807) is 12.1 Å². The zero-order valence-corrected chi connectivity index (χ0v) is 13.3. The lowest BCUT2D eigenvalue weighted by Crippen LogP contribution is -2.12. The molecule has 7 nitrogen and oxygen atoms in total. The number of primary amides is 1. The molecule has 0 fully saturated rings. The summed E-state index contributed by atoms with van der Waals surface area (Å²) in [6.07, 6.45) is 1.51. The molecule has 2 aromatic carbocycles. The number of aromatic nitrogens is 2. The van der Waals surface area contributed by atoms with Crippen molar-refractivity contribution in [2.24, 2.45) is 10.9 Å². The van der Waals surface area contributed by atoms with E-state index in [1.165, 1.54) is 23.0 Å². The fraction of sp³-hybridized carbons (Fsp3) is 0. The first-order valence-electron chi connectivity index (χ1n) is 6.94. The molecule has 0 radical (unpaired) electrons. The molecule has 4 N–H and O–H groups in total. The minimum absolute atomic E-state index is 0.00295. The number of rotatable bonds is 4. The standard InChI is InChI=1S/C16H14N4O3S/c17-16(21)14-10-20(19-15(14)11-4-2-1-3-5-11)12-6-8-13(9-7-12)24(18,22)23/h1-10H,(H2,17,21)(H2,18,22,23). The van der Waals surface area contributed by atoms with Gasteiger partial charge in [0.1, 0.15) is 5.69 Å². The van der Waals surface area contributed by atoms with Gasteiger partial charge in [-0.25, -0.2) is 18.2 Å². The molecule has 0 unspecified atom stereocenters. The first-order valence-corrected chi connectivity index (χ1v) is 8.49. The summed E-state index contributed by atoms with van der Waals surface area (Å²) >= 11 is 0. The van der Waals surface area contributed by atoms with Crippen molar-refractivity contribution < 1.29 is 13.2 Å². The zero-order valence-electron chi connectivity index (χ0n) is 12.5. The number of hydrogen-bond acceptors (Lipinski definition) is 4. The van der Waals surface area contributed by atoms with Crippen molar-refractivity contribution in [2.45, 2.75) is 4.90 Å². The Hall–Kier alpha value is -2.97. The van der Waals surface area contributed by atoms with Crippen LogP contribution in [0.5, 0.6) is 0 Å². The molecule has 3 rings (SSSR count). The van der Waals surface area contributed by atoms with Crippen LogP contribution < -0.4 is 10.9 Å². The maximum atomic E-state index is 11.7. The van der Waals surface area contributed by atoms with Crippen LogP contribution in [0.1, 0.15) is 10.4 Å². The number of sulfonamides is 1. The number of primary sulfonamides is 1. The third-order valence-electron chi connectivity index (χ3n) is 3.46. The number of benzene rings is 2. The molecule has 3 aromatic rings. The van der Waals surface area contributed by atoms with Crippen LogP contribution in [0.3, 0.4) is 0 Å². The molecular weight excluding hydrogens is 328 g/mol. The van der Waals surface area contributed by atoms with E-state index < -0.39 is 15.9 Å². The third-order valence-corrected chi connectivity index (χ3v) is 4.39. The van der Waals surface area contributed by atoms with Gasteiger partial charge >= 0.3 is 0 Å². The zero-order chi connectivity index (χ0) is 17.3. The summed E-state index contributed by atoms with van der Waals surface area (Å²) in [5.74, 6) is -0.596. The SMILES string of the molecule is NC(=O)c1cn(-c2ccc(S(N)(=O)=O)cc2)nc1-c1ccccc1. The summed E-state index contributed by atoms with van der Waals surface area (Å²) in [7, 11) is -3.76. The van der Waals surface area contributed by atoms with E-state index in [4.69, 9.17) is 10.9 Å². The Balaban J connectivity index is 2.08. The normalized spacial score (nSPS) is 11.4. The highest BCUT2D eigenvalue weighted by Crippen LogP contribution is 2.23. The Bertz CT molecular complexity index is 994. The molecule has 24 heavy (non-hydrogen) atoms. The minimum atomic E-state index is -3.76. The van der Waals surface area contributed by atoms with Crippen molar-refractivity contribution in [3.8, 4) is 16.9 Å². The van der Waals surface area contributed by atoms with Crippen LogP contribution in [0, 0.1) is 0 Å². The predicted octanol–water partition coefficient (Wildman–Crippen LogP) is 1.29. The van der Waals surface area contributed by atoms with E-state index >= 15 is 0 Å². The molecule has 0 aliphatic carbocycles. The van der Waals surface area contributed by atoms with Crippen molar-refractivity contribution in [2.75, 3.05) is 0 Å². The summed E-state index contributed by atoms with van der Waals surface area (Å²) in [4.78, 5) is 11.7. The molecule has 0 aliphatic rings. The lowest BCUT2D eigenvalue weighted by Gasteiger charge is -2.03. The number of hydrogen-bond donors (Lipinski definition) is 2. The van der Waals surface area contributed by atoms with E-state index in [1.807, 2.05) is 30.3 Å². The summed E-state index contributed by atoms with van der Waals surface area (Å²) in [5.41, 5.74) is 7.50. The molecule has 1 heterocycles. The molecule has 0 spiro atoms. The molecular formula is C16H14N4O3S. The molecule has 122 valence electrons. The lowest BCUT2D eigenvalue weighted by molar-refractivity contribution is 0.100. The molecule has 0 saturated heterocycles. The van der Waals surface area contributed by atoms with Crippen LogP contribution in [-0.2, 0) is 10.0 Å². The van der Waals surface area contributed by atoms with Crippen molar-refractivity contribution in [1.82, 2.24) is 9.78 Å². The van der Waals surface area contributed by atoms with Gasteiger partial charge in [0.25, 0.3) is 5.91 Å². The summed E-state index contributed by atoms with van der Waals surface area (Å²) in [5, 5.41) is 9.48.